The van der Waals surface area contributed by atoms with Gasteiger partial charge in [-0.15, -0.1) is 0 Å². The third-order valence-electron chi connectivity index (χ3n) is 6.61. The van der Waals surface area contributed by atoms with Gasteiger partial charge < -0.3 is 20.0 Å². The summed E-state index contributed by atoms with van der Waals surface area (Å²) in [5.74, 6) is 0.816. The lowest BCUT2D eigenvalue weighted by atomic mass is 9.98. The average molecular weight is 432 g/mol. The summed E-state index contributed by atoms with van der Waals surface area (Å²) in [5.41, 5.74) is 3.42. The van der Waals surface area contributed by atoms with Crippen molar-refractivity contribution in [2.24, 2.45) is 5.92 Å². The van der Waals surface area contributed by atoms with Crippen LogP contribution in [0.25, 0.3) is 22.1 Å². The second-order valence-corrected chi connectivity index (χ2v) is 8.84. The van der Waals surface area contributed by atoms with Crippen LogP contribution in [0.4, 0.5) is 0 Å². The van der Waals surface area contributed by atoms with E-state index in [0.29, 0.717) is 23.8 Å². The highest BCUT2D eigenvalue weighted by molar-refractivity contribution is 5.97. The molecule has 1 aromatic heterocycles. The summed E-state index contributed by atoms with van der Waals surface area (Å²) in [6, 6.07) is 15.5. The van der Waals surface area contributed by atoms with Crippen LogP contribution in [-0.2, 0) is 0 Å². The van der Waals surface area contributed by atoms with Gasteiger partial charge in [0.25, 0.3) is 11.8 Å². The maximum absolute atomic E-state index is 12.6. The first-order valence-corrected chi connectivity index (χ1v) is 11.6. The molecule has 0 atom stereocenters. The predicted molar refractivity (Wildman–Crippen MR) is 125 cm³/mol. The van der Waals surface area contributed by atoms with Crippen molar-refractivity contribution in [3.63, 3.8) is 0 Å². The van der Waals surface area contributed by atoms with Crippen LogP contribution in [0.3, 0.4) is 0 Å². The Morgan fingerprint density at radius 1 is 0.969 bits per heavy atom. The quantitative estimate of drug-likeness (QED) is 0.639. The molecule has 0 spiro atoms. The highest BCUT2D eigenvalue weighted by Crippen LogP contribution is 2.27. The number of hydrogen-bond acceptors (Lipinski definition) is 4. The molecular weight excluding hydrogens is 402 g/mol. The van der Waals surface area contributed by atoms with E-state index in [1.54, 1.807) is 6.07 Å². The molecule has 0 aliphatic carbocycles. The van der Waals surface area contributed by atoms with E-state index in [9.17, 15) is 9.59 Å². The second kappa shape index (κ2) is 9.17. The second-order valence-electron chi connectivity index (χ2n) is 8.84. The molecule has 5 rings (SSSR count). The molecule has 32 heavy (non-hydrogen) atoms. The lowest BCUT2D eigenvalue weighted by molar-refractivity contribution is 0.0792. The monoisotopic (exact) mass is 431 g/mol. The van der Waals surface area contributed by atoms with Crippen LogP contribution in [0.5, 0.6) is 0 Å². The first-order chi connectivity index (χ1) is 15.7. The number of fused-ring (bicyclic) bond motifs is 1. The minimum absolute atomic E-state index is 0.107. The third kappa shape index (κ3) is 4.41. The highest BCUT2D eigenvalue weighted by Gasteiger charge is 2.20. The lowest BCUT2D eigenvalue weighted by Crippen LogP contribution is -2.35. The van der Waals surface area contributed by atoms with Gasteiger partial charge in [-0.2, -0.15) is 0 Å². The Morgan fingerprint density at radius 2 is 1.69 bits per heavy atom. The molecule has 0 bridgehead atoms. The van der Waals surface area contributed by atoms with Gasteiger partial charge in [-0.05, 0) is 80.1 Å². The molecule has 2 aromatic carbocycles. The van der Waals surface area contributed by atoms with E-state index in [1.807, 2.05) is 47.4 Å². The van der Waals surface area contributed by atoms with Crippen molar-refractivity contribution in [2.45, 2.75) is 25.7 Å². The minimum Gasteiger partial charge on any atom is -0.451 e. The summed E-state index contributed by atoms with van der Waals surface area (Å²) in [6.07, 6.45) is 4.36. The predicted octanol–water partition coefficient (Wildman–Crippen LogP) is 4.07. The molecule has 0 unspecified atom stereocenters. The first-order valence-electron chi connectivity index (χ1n) is 11.6. The van der Waals surface area contributed by atoms with Gasteiger partial charge in [0, 0.05) is 30.6 Å². The van der Waals surface area contributed by atoms with Crippen LogP contribution < -0.4 is 10.6 Å². The van der Waals surface area contributed by atoms with Gasteiger partial charge in [0.1, 0.15) is 5.58 Å². The number of nitrogens with one attached hydrogen (secondary N) is 2. The first kappa shape index (κ1) is 20.8. The number of amides is 2. The van der Waals surface area contributed by atoms with Crippen molar-refractivity contribution in [3.8, 4) is 11.1 Å². The van der Waals surface area contributed by atoms with Crippen molar-refractivity contribution in [1.29, 1.82) is 0 Å². The summed E-state index contributed by atoms with van der Waals surface area (Å²) in [6.45, 7) is 4.42. The molecule has 3 heterocycles. The van der Waals surface area contributed by atoms with Crippen molar-refractivity contribution in [2.75, 3.05) is 32.7 Å². The normalized spacial score (nSPS) is 17.1. The highest BCUT2D eigenvalue weighted by atomic mass is 16.3. The van der Waals surface area contributed by atoms with Crippen LogP contribution in [-0.4, -0.2) is 49.4 Å². The smallest absolute Gasteiger partial charge is 0.287 e. The Labute approximate surface area is 188 Å². The zero-order valence-electron chi connectivity index (χ0n) is 18.2. The summed E-state index contributed by atoms with van der Waals surface area (Å²) in [5, 5.41) is 7.27. The molecule has 3 aromatic rings. The molecule has 2 fully saturated rings. The Kier molecular flexibility index (Phi) is 5.95. The number of carbonyl (C=O) groups is 2. The molecule has 2 aliphatic heterocycles. The fourth-order valence-electron chi connectivity index (χ4n) is 4.64. The van der Waals surface area contributed by atoms with Crippen molar-refractivity contribution in [1.82, 2.24) is 15.5 Å². The van der Waals surface area contributed by atoms with Crippen LogP contribution in [0.2, 0.25) is 0 Å². The Morgan fingerprint density at radius 3 is 2.44 bits per heavy atom. The maximum Gasteiger partial charge on any atom is 0.287 e. The maximum atomic E-state index is 12.6. The Bertz CT molecular complexity index is 1110. The van der Waals surface area contributed by atoms with E-state index >= 15 is 0 Å². The SMILES string of the molecule is O=C(NCC1CCNCC1)c1cc2ccc(-c3ccc(C(=O)N4CCCC4)cc3)cc2o1. The van der Waals surface area contributed by atoms with E-state index < -0.39 is 0 Å². The Hall–Kier alpha value is -3.12. The number of hydrogen-bond donors (Lipinski definition) is 2. The lowest BCUT2D eigenvalue weighted by Gasteiger charge is -2.22. The van der Waals surface area contributed by atoms with Crippen LogP contribution in [0, 0.1) is 5.92 Å². The van der Waals surface area contributed by atoms with Gasteiger partial charge in [0.2, 0.25) is 0 Å². The van der Waals surface area contributed by atoms with Crippen molar-refractivity contribution < 1.29 is 14.0 Å². The summed E-state index contributed by atoms with van der Waals surface area (Å²) in [4.78, 5) is 27.0. The molecule has 0 radical (unpaired) electrons. The molecule has 6 heteroatoms. The number of carbonyl (C=O) groups excluding carboxylic acids is 2. The third-order valence-corrected chi connectivity index (χ3v) is 6.61. The number of rotatable bonds is 5. The van der Waals surface area contributed by atoms with Crippen LogP contribution in [0.1, 0.15) is 46.6 Å². The minimum atomic E-state index is -0.161. The van der Waals surface area contributed by atoms with Gasteiger partial charge in [-0.3, -0.25) is 9.59 Å². The zero-order valence-corrected chi connectivity index (χ0v) is 18.2. The molecule has 6 nitrogen and oxygen atoms in total. The van der Waals surface area contributed by atoms with Gasteiger partial charge in [-0.25, -0.2) is 0 Å². The molecular formula is C26H29N3O3. The van der Waals surface area contributed by atoms with E-state index in [-0.39, 0.29) is 11.8 Å². The van der Waals surface area contributed by atoms with Gasteiger partial charge >= 0.3 is 0 Å². The molecule has 2 amide bonds. The van der Waals surface area contributed by atoms with Crippen LogP contribution >= 0.6 is 0 Å². The summed E-state index contributed by atoms with van der Waals surface area (Å²) < 4.78 is 5.88. The van der Waals surface area contributed by atoms with Gasteiger partial charge in [0.05, 0.1) is 0 Å². The fraction of sp³-hybridized carbons (Fsp3) is 0.385. The van der Waals surface area contributed by atoms with Gasteiger partial charge in [-0.1, -0.05) is 24.3 Å². The van der Waals surface area contributed by atoms with E-state index in [4.69, 9.17) is 4.42 Å². The molecule has 2 N–H and O–H groups in total. The van der Waals surface area contributed by atoms with E-state index in [1.165, 1.54) is 0 Å². The van der Waals surface area contributed by atoms with Crippen molar-refractivity contribution >= 4 is 22.8 Å². The summed E-state index contributed by atoms with van der Waals surface area (Å²) >= 11 is 0. The number of piperidine rings is 1. The fourth-order valence-corrected chi connectivity index (χ4v) is 4.64. The average Bonchev–Trinajstić information content (AvgIpc) is 3.53. The number of nitrogens with zero attached hydrogens (tertiary/aromatic N) is 1. The van der Waals surface area contributed by atoms with E-state index in [0.717, 1.165) is 73.9 Å². The summed E-state index contributed by atoms with van der Waals surface area (Å²) in [7, 11) is 0. The molecule has 2 aliphatic rings. The topological polar surface area (TPSA) is 74.6 Å². The number of likely N-dealkylation sites (tertiary alicyclic amines) is 1. The van der Waals surface area contributed by atoms with E-state index in [2.05, 4.69) is 10.6 Å². The molecule has 2 saturated heterocycles. The van der Waals surface area contributed by atoms with Crippen LogP contribution in [0.15, 0.2) is 52.9 Å². The van der Waals surface area contributed by atoms with Crippen molar-refractivity contribution in [3.05, 3.63) is 59.9 Å². The molecule has 166 valence electrons. The standard InChI is InChI=1S/C26H29N3O3/c30-25(28-17-18-9-11-27-12-10-18)24-16-22-8-7-21(15-23(22)32-24)19-3-5-20(6-4-19)26(31)29-13-1-2-14-29/h3-8,15-16,18,27H,1-2,9-14,17H2,(H,28,30). The number of furan rings is 1. The molecule has 0 saturated carbocycles. The largest absolute Gasteiger partial charge is 0.451 e. The Balaban J connectivity index is 1.28. The zero-order chi connectivity index (χ0) is 21.9. The number of benzene rings is 2. The van der Waals surface area contributed by atoms with Gasteiger partial charge in [0.15, 0.2) is 5.76 Å².